The molecule has 0 spiro atoms. The number of carbonyl (C=O) groups is 2. The fourth-order valence-corrected chi connectivity index (χ4v) is 2.63. The van der Waals surface area contributed by atoms with E-state index in [0.29, 0.717) is 18.5 Å². The fraction of sp³-hybridized carbons (Fsp3) is 0.529. The fourth-order valence-electron chi connectivity index (χ4n) is 2.63. The van der Waals surface area contributed by atoms with Gasteiger partial charge in [-0.1, -0.05) is 13.8 Å². The zero-order valence-corrected chi connectivity index (χ0v) is 15.1. The van der Waals surface area contributed by atoms with Crippen molar-refractivity contribution in [2.24, 2.45) is 5.92 Å². The number of nitrogens with zero attached hydrogens (tertiary/aromatic N) is 1. The maximum Gasteiger partial charge on any atom is 0.254 e. The number of piperazine rings is 1. The van der Waals surface area contributed by atoms with E-state index in [2.05, 4.69) is 10.6 Å². The minimum Gasteiger partial charge on any atom is -0.333 e. The van der Waals surface area contributed by atoms with Crippen LogP contribution in [0.5, 0.6) is 0 Å². The van der Waals surface area contributed by atoms with Crippen LogP contribution in [0.4, 0.5) is 10.1 Å². The second-order valence-corrected chi connectivity index (χ2v) is 6.39. The van der Waals surface area contributed by atoms with E-state index in [4.69, 9.17) is 0 Å². The molecule has 24 heavy (non-hydrogen) atoms. The number of anilines is 1. The molecule has 0 bridgehead atoms. The standard InChI is InChI=1S/C17H24FN3O2.ClH/c1-11(2)8-16(22)20-15-5-4-13(9-14(15)18)17(23)21-7-6-19-10-12(21)3;/h4-5,9,11-12,19H,6-8,10H2,1-3H3,(H,20,22);1H. The maximum absolute atomic E-state index is 14.2. The number of benzene rings is 1. The highest BCUT2D eigenvalue weighted by atomic mass is 35.5. The molecule has 0 radical (unpaired) electrons. The van der Waals surface area contributed by atoms with Crippen LogP contribution in [0.2, 0.25) is 0 Å². The lowest BCUT2D eigenvalue weighted by Gasteiger charge is -2.34. The summed E-state index contributed by atoms with van der Waals surface area (Å²) in [5.41, 5.74) is 0.415. The minimum absolute atomic E-state index is 0. The first kappa shape index (κ1) is 20.4. The van der Waals surface area contributed by atoms with Gasteiger partial charge >= 0.3 is 0 Å². The summed E-state index contributed by atoms with van der Waals surface area (Å²) in [7, 11) is 0. The van der Waals surface area contributed by atoms with Crippen LogP contribution < -0.4 is 10.6 Å². The minimum atomic E-state index is -0.587. The molecule has 1 aliphatic rings. The molecule has 1 aromatic rings. The zero-order valence-electron chi connectivity index (χ0n) is 14.3. The highest BCUT2D eigenvalue weighted by Crippen LogP contribution is 2.19. The molecule has 2 N–H and O–H groups in total. The van der Waals surface area contributed by atoms with Gasteiger partial charge in [0.2, 0.25) is 5.91 Å². The number of hydrogen-bond acceptors (Lipinski definition) is 3. The lowest BCUT2D eigenvalue weighted by atomic mass is 10.1. The molecule has 1 unspecified atom stereocenters. The van der Waals surface area contributed by atoms with Crippen molar-refractivity contribution in [1.29, 1.82) is 0 Å². The topological polar surface area (TPSA) is 61.4 Å². The molecular formula is C17H25ClFN3O2. The van der Waals surface area contributed by atoms with Gasteiger partial charge in [-0.2, -0.15) is 0 Å². The number of hydrogen-bond donors (Lipinski definition) is 2. The van der Waals surface area contributed by atoms with E-state index in [9.17, 15) is 14.0 Å². The second kappa shape index (κ2) is 8.99. The van der Waals surface area contributed by atoms with Crippen LogP contribution >= 0.6 is 12.4 Å². The number of carbonyl (C=O) groups excluding carboxylic acids is 2. The van der Waals surface area contributed by atoms with Gasteiger partial charge in [-0.15, -0.1) is 12.4 Å². The Balaban J connectivity index is 0.00000288. The molecule has 1 saturated heterocycles. The molecule has 0 aliphatic carbocycles. The average molecular weight is 358 g/mol. The van der Waals surface area contributed by atoms with Crippen LogP contribution in [0.25, 0.3) is 0 Å². The van der Waals surface area contributed by atoms with Gasteiger partial charge in [-0.05, 0) is 31.0 Å². The van der Waals surface area contributed by atoms with Gasteiger partial charge in [-0.3, -0.25) is 9.59 Å². The first-order chi connectivity index (χ1) is 10.9. The summed E-state index contributed by atoms with van der Waals surface area (Å²) in [6, 6.07) is 4.28. The first-order valence-electron chi connectivity index (χ1n) is 7.99. The van der Waals surface area contributed by atoms with E-state index in [1.807, 2.05) is 20.8 Å². The SMILES string of the molecule is CC(C)CC(=O)Nc1ccc(C(=O)N2CCNCC2C)cc1F.Cl. The largest absolute Gasteiger partial charge is 0.333 e. The van der Waals surface area contributed by atoms with Crippen molar-refractivity contribution in [1.82, 2.24) is 10.2 Å². The van der Waals surface area contributed by atoms with Gasteiger partial charge in [0.25, 0.3) is 5.91 Å². The normalized spacial score (nSPS) is 17.4. The van der Waals surface area contributed by atoms with Crippen molar-refractivity contribution < 1.29 is 14.0 Å². The van der Waals surface area contributed by atoms with E-state index in [1.54, 1.807) is 11.0 Å². The third-order valence-electron chi connectivity index (χ3n) is 3.85. The summed E-state index contributed by atoms with van der Waals surface area (Å²) in [6.07, 6.45) is 0.332. The summed E-state index contributed by atoms with van der Waals surface area (Å²) < 4.78 is 14.2. The summed E-state index contributed by atoms with van der Waals surface area (Å²) >= 11 is 0. The molecule has 2 rings (SSSR count). The monoisotopic (exact) mass is 357 g/mol. The molecule has 1 heterocycles. The highest BCUT2D eigenvalue weighted by molar-refractivity contribution is 5.96. The molecule has 1 fully saturated rings. The van der Waals surface area contributed by atoms with Gasteiger partial charge in [0, 0.05) is 37.7 Å². The lowest BCUT2D eigenvalue weighted by Crippen LogP contribution is -2.52. The molecule has 1 aliphatic heterocycles. The van der Waals surface area contributed by atoms with E-state index >= 15 is 0 Å². The maximum atomic E-state index is 14.2. The molecule has 0 saturated carbocycles. The van der Waals surface area contributed by atoms with E-state index in [1.165, 1.54) is 12.1 Å². The zero-order chi connectivity index (χ0) is 17.0. The van der Waals surface area contributed by atoms with Gasteiger partial charge in [-0.25, -0.2) is 4.39 Å². The molecule has 5 nitrogen and oxygen atoms in total. The summed E-state index contributed by atoms with van der Waals surface area (Å²) in [6.45, 7) is 7.88. The van der Waals surface area contributed by atoms with Crippen LogP contribution in [-0.2, 0) is 4.79 Å². The quantitative estimate of drug-likeness (QED) is 0.870. The number of nitrogens with one attached hydrogen (secondary N) is 2. The third kappa shape index (κ3) is 5.18. The van der Waals surface area contributed by atoms with Crippen LogP contribution in [0.15, 0.2) is 18.2 Å². The predicted octanol–water partition coefficient (Wildman–Crippen LogP) is 2.67. The first-order valence-corrected chi connectivity index (χ1v) is 7.99. The van der Waals surface area contributed by atoms with Crippen molar-refractivity contribution in [2.75, 3.05) is 25.0 Å². The number of rotatable bonds is 4. The van der Waals surface area contributed by atoms with E-state index in [-0.39, 0.29) is 41.9 Å². The van der Waals surface area contributed by atoms with Crippen LogP contribution in [-0.4, -0.2) is 42.4 Å². The summed E-state index contributed by atoms with van der Waals surface area (Å²) in [5, 5.41) is 5.76. The van der Waals surface area contributed by atoms with E-state index < -0.39 is 5.82 Å². The number of halogens is 2. The van der Waals surface area contributed by atoms with E-state index in [0.717, 1.165) is 13.1 Å². The van der Waals surface area contributed by atoms with Crippen molar-refractivity contribution in [3.8, 4) is 0 Å². The Labute approximate surface area is 148 Å². The molecule has 134 valence electrons. The van der Waals surface area contributed by atoms with Crippen molar-refractivity contribution >= 4 is 29.9 Å². The summed E-state index contributed by atoms with van der Waals surface area (Å²) in [5.74, 6) is -0.796. The highest BCUT2D eigenvalue weighted by Gasteiger charge is 2.24. The molecule has 0 aromatic heterocycles. The lowest BCUT2D eigenvalue weighted by molar-refractivity contribution is -0.116. The van der Waals surface area contributed by atoms with Gasteiger partial charge in [0.15, 0.2) is 0 Å². The molecule has 7 heteroatoms. The Kier molecular flexibility index (Phi) is 7.63. The summed E-state index contributed by atoms with van der Waals surface area (Å²) in [4.78, 5) is 25.9. The third-order valence-corrected chi connectivity index (χ3v) is 3.85. The smallest absolute Gasteiger partial charge is 0.254 e. The van der Waals surface area contributed by atoms with Gasteiger partial charge in [0.05, 0.1) is 5.69 Å². The Bertz CT molecular complexity index is 595. The Morgan fingerprint density at radius 2 is 2.12 bits per heavy atom. The van der Waals surface area contributed by atoms with Crippen molar-refractivity contribution in [3.05, 3.63) is 29.6 Å². The van der Waals surface area contributed by atoms with Crippen LogP contribution in [0, 0.1) is 11.7 Å². The molecule has 1 aromatic carbocycles. The van der Waals surface area contributed by atoms with Crippen molar-refractivity contribution in [3.63, 3.8) is 0 Å². The molecule has 2 amide bonds. The molecule has 1 atom stereocenters. The molecular weight excluding hydrogens is 333 g/mol. The van der Waals surface area contributed by atoms with Gasteiger partial charge < -0.3 is 15.5 Å². The second-order valence-electron chi connectivity index (χ2n) is 6.39. The predicted molar refractivity (Wildman–Crippen MR) is 95.1 cm³/mol. The number of amides is 2. The Morgan fingerprint density at radius 1 is 1.42 bits per heavy atom. The van der Waals surface area contributed by atoms with Gasteiger partial charge in [0.1, 0.15) is 5.82 Å². The Morgan fingerprint density at radius 3 is 2.71 bits per heavy atom. The van der Waals surface area contributed by atoms with Crippen molar-refractivity contribution in [2.45, 2.75) is 33.2 Å². The van der Waals surface area contributed by atoms with Crippen LogP contribution in [0.1, 0.15) is 37.6 Å². The average Bonchev–Trinajstić information content (AvgIpc) is 2.48. The Hall–Kier alpha value is -1.66. The van der Waals surface area contributed by atoms with Crippen LogP contribution in [0.3, 0.4) is 0 Å².